The molecule has 1 unspecified atom stereocenters. The fourth-order valence-electron chi connectivity index (χ4n) is 1.73. The number of amides is 1. The van der Waals surface area contributed by atoms with Crippen molar-refractivity contribution in [3.8, 4) is 0 Å². The predicted octanol–water partition coefficient (Wildman–Crippen LogP) is 1.34. The molecule has 0 bridgehead atoms. The molecule has 1 saturated heterocycles. The van der Waals surface area contributed by atoms with Crippen molar-refractivity contribution >= 4 is 24.1 Å². The molecule has 0 saturated carbocycles. The molecule has 1 aromatic carbocycles. The number of hydrogen-bond acceptors (Lipinski definition) is 3. The van der Waals surface area contributed by atoms with E-state index < -0.39 is 12.0 Å². The highest BCUT2D eigenvalue weighted by molar-refractivity contribution is 7.99. The van der Waals surface area contributed by atoms with Gasteiger partial charge in [0, 0.05) is 5.75 Å². The highest BCUT2D eigenvalue weighted by Crippen LogP contribution is 2.39. The number of carbonyl (C=O) groups is 2. The zero-order chi connectivity index (χ0) is 11.5. The van der Waals surface area contributed by atoms with Crippen LogP contribution in [0.2, 0.25) is 0 Å². The fraction of sp³-hybridized carbons (Fsp3) is 0.273. The maximum Gasteiger partial charge on any atom is 0.327 e. The molecule has 0 spiro atoms. The molecule has 2 rings (SSSR count). The first-order valence-electron chi connectivity index (χ1n) is 4.86. The molecule has 1 amide bonds. The highest BCUT2D eigenvalue weighted by atomic mass is 32.2. The lowest BCUT2D eigenvalue weighted by molar-refractivity contribution is -0.145. The van der Waals surface area contributed by atoms with Crippen LogP contribution in [0.4, 0.5) is 0 Å². The van der Waals surface area contributed by atoms with E-state index in [1.54, 1.807) is 0 Å². The van der Waals surface area contributed by atoms with Gasteiger partial charge in [-0.3, -0.25) is 4.79 Å². The molecule has 5 heteroatoms. The van der Waals surface area contributed by atoms with Gasteiger partial charge in [0.2, 0.25) is 6.41 Å². The van der Waals surface area contributed by atoms with Gasteiger partial charge in [-0.15, -0.1) is 11.8 Å². The molecular weight excluding hydrogens is 226 g/mol. The monoisotopic (exact) mass is 237 g/mol. The Kier molecular flexibility index (Phi) is 3.14. The van der Waals surface area contributed by atoms with Crippen LogP contribution in [0.5, 0.6) is 0 Å². The maximum absolute atomic E-state index is 11.0. The van der Waals surface area contributed by atoms with Crippen LogP contribution in [0, 0.1) is 0 Å². The van der Waals surface area contributed by atoms with Crippen molar-refractivity contribution in [2.75, 3.05) is 5.75 Å². The molecule has 1 aliphatic heterocycles. The average Bonchev–Trinajstić information content (AvgIpc) is 2.73. The summed E-state index contributed by atoms with van der Waals surface area (Å²) in [4.78, 5) is 23.3. The van der Waals surface area contributed by atoms with Crippen molar-refractivity contribution in [3.63, 3.8) is 0 Å². The number of nitrogens with zero attached hydrogens (tertiary/aromatic N) is 1. The lowest BCUT2D eigenvalue weighted by Crippen LogP contribution is -2.37. The molecule has 4 nitrogen and oxygen atoms in total. The van der Waals surface area contributed by atoms with E-state index >= 15 is 0 Å². The molecule has 0 aromatic heterocycles. The van der Waals surface area contributed by atoms with Crippen LogP contribution in [0.1, 0.15) is 10.9 Å². The third kappa shape index (κ3) is 1.90. The van der Waals surface area contributed by atoms with Crippen LogP contribution >= 0.6 is 11.8 Å². The van der Waals surface area contributed by atoms with Crippen LogP contribution < -0.4 is 0 Å². The third-order valence-corrected chi connectivity index (χ3v) is 3.87. The van der Waals surface area contributed by atoms with Gasteiger partial charge in [0.25, 0.3) is 0 Å². The molecule has 16 heavy (non-hydrogen) atoms. The van der Waals surface area contributed by atoms with Crippen LogP contribution in [-0.2, 0) is 9.59 Å². The van der Waals surface area contributed by atoms with Gasteiger partial charge in [0.05, 0.1) is 0 Å². The summed E-state index contributed by atoms with van der Waals surface area (Å²) in [7, 11) is 0. The van der Waals surface area contributed by atoms with Crippen molar-refractivity contribution < 1.29 is 14.7 Å². The van der Waals surface area contributed by atoms with Crippen molar-refractivity contribution in [3.05, 3.63) is 35.9 Å². The van der Waals surface area contributed by atoms with E-state index in [0.29, 0.717) is 12.2 Å². The summed E-state index contributed by atoms with van der Waals surface area (Å²) in [6.45, 7) is 0. The van der Waals surface area contributed by atoms with Gasteiger partial charge in [-0.25, -0.2) is 4.79 Å². The molecule has 0 aliphatic carbocycles. The Labute approximate surface area is 97.3 Å². The zero-order valence-corrected chi connectivity index (χ0v) is 9.26. The van der Waals surface area contributed by atoms with Gasteiger partial charge in [-0.05, 0) is 5.56 Å². The minimum Gasteiger partial charge on any atom is -0.480 e. The van der Waals surface area contributed by atoms with Gasteiger partial charge in [-0.2, -0.15) is 0 Å². The number of benzene rings is 1. The second kappa shape index (κ2) is 4.57. The fourth-order valence-corrected chi connectivity index (χ4v) is 3.13. The first-order chi connectivity index (χ1) is 7.74. The smallest absolute Gasteiger partial charge is 0.327 e. The van der Waals surface area contributed by atoms with Gasteiger partial charge in [0.1, 0.15) is 11.4 Å². The maximum atomic E-state index is 11.0. The molecule has 1 N–H and O–H groups in total. The highest BCUT2D eigenvalue weighted by Gasteiger charge is 2.38. The van der Waals surface area contributed by atoms with E-state index in [1.165, 1.54) is 16.7 Å². The van der Waals surface area contributed by atoms with Gasteiger partial charge in [0.15, 0.2) is 0 Å². The standard InChI is InChI=1S/C11H11NO3S/c13-7-12-9(11(14)15)6-16-10(12)8-4-2-1-3-5-8/h1-5,7,9-10H,6H2,(H,14,15)/t9-,10?/m0/s1. The summed E-state index contributed by atoms with van der Waals surface area (Å²) >= 11 is 1.48. The Balaban J connectivity index is 2.24. The Morgan fingerprint density at radius 3 is 2.69 bits per heavy atom. The van der Waals surface area contributed by atoms with E-state index in [9.17, 15) is 9.59 Å². The molecule has 84 valence electrons. The van der Waals surface area contributed by atoms with E-state index in [4.69, 9.17) is 5.11 Å². The molecule has 0 radical (unpaired) electrons. The minimum absolute atomic E-state index is 0.181. The number of carboxylic acid groups (broad SMARTS) is 1. The second-order valence-corrected chi connectivity index (χ2v) is 4.62. The van der Waals surface area contributed by atoms with Crippen LogP contribution in [0.25, 0.3) is 0 Å². The number of thioether (sulfide) groups is 1. The van der Waals surface area contributed by atoms with Crippen molar-refractivity contribution in [1.82, 2.24) is 4.90 Å². The van der Waals surface area contributed by atoms with Gasteiger partial charge >= 0.3 is 5.97 Å². The molecule has 1 fully saturated rings. The number of aliphatic carboxylic acids is 1. The summed E-state index contributed by atoms with van der Waals surface area (Å²) in [5.74, 6) is -0.508. The molecule has 1 aromatic rings. The van der Waals surface area contributed by atoms with Crippen molar-refractivity contribution in [2.24, 2.45) is 0 Å². The topological polar surface area (TPSA) is 57.6 Å². The lowest BCUT2D eigenvalue weighted by Gasteiger charge is -2.22. The summed E-state index contributed by atoms with van der Waals surface area (Å²) < 4.78 is 0. The normalized spacial score (nSPS) is 24.4. The SMILES string of the molecule is O=CN1C(c2ccccc2)SC[C@H]1C(=O)O. The van der Waals surface area contributed by atoms with E-state index in [0.717, 1.165) is 5.56 Å². The Morgan fingerprint density at radius 1 is 1.44 bits per heavy atom. The predicted molar refractivity (Wildman–Crippen MR) is 61.0 cm³/mol. The van der Waals surface area contributed by atoms with Gasteiger partial charge < -0.3 is 10.0 Å². The van der Waals surface area contributed by atoms with Gasteiger partial charge in [-0.1, -0.05) is 30.3 Å². The summed E-state index contributed by atoms with van der Waals surface area (Å²) in [6.07, 6.45) is 0.621. The molecule has 1 heterocycles. The quantitative estimate of drug-likeness (QED) is 0.806. The van der Waals surface area contributed by atoms with Crippen LogP contribution in [0.3, 0.4) is 0 Å². The Morgan fingerprint density at radius 2 is 2.12 bits per heavy atom. The zero-order valence-electron chi connectivity index (χ0n) is 8.45. The largest absolute Gasteiger partial charge is 0.480 e. The van der Waals surface area contributed by atoms with Crippen LogP contribution in [-0.4, -0.2) is 34.2 Å². The van der Waals surface area contributed by atoms with Crippen molar-refractivity contribution in [2.45, 2.75) is 11.4 Å². The summed E-state index contributed by atoms with van der Waals surface area (Å²) in [6, 6.07) is 8.74. The summed E-state index contributed by atoms with van der Waals surface area (Å²) in [5, 5.41) is 8.78. The first-order valence-corrected chi connectivity index (χ1v) is 5.91. The third-order valence-electron chi connectivity index (χ3n) is 2.53. The Hall–Kier alpha value is -1.49. The Bertz CT molecular complexity index is 395. The van der Waals surface area contributed by atoms with Crippen molar-refractivity contribution in [1.29, 1.82) is 0 Å². The van der Waals surface area contributed by atoms with Crippen LogP contribution in [0.15, 0.2) is 30.3 Å². The molecule has 1 aliphatic rings. The number of rotatable bonds is 3. The van der Waals surface area contributed by atoms with E-state index in [2.05, 4.69) is 0 Å². The average molecular weight is 237 g/mol. The number of carbonyl (C=O) groups excluding carboxylic acids is 1. The molecular formula is C11H11NO3S. The number of carboxylic acids is 1. The van der Waals surface area contributed by atoms with E-state index in [1.807, 2.05) is 30.3 Å². The van der Waals surface area contributed by atoms with E-state index in [-0.39, 0.29) is 5.37 Å². The summed E-state index contributed by atoms with van der Waals surface area (Å²) in [5.41, 5.74) is 0.961. The second-order valence-electron chi connectivity index (χ2n) is 3.50. The lowest BCUT2D eigenvalue weighted by atomic mass is 10.2. The molecule has 2 atom stereocenters. The minimum atomic E-state index is -0.946. The first kappa shape index (κ1) is 11.0. The number of hydrogen-bond donors (Lipinski definition) is 1.